The van der Waals surface area contributed by atoms with E-state index in [1.54, 1.807) is 10.9 Å². The molecule has 0 radical (unpaired) electrons. The minimum Gasteiger partial charge on any atom is -0.380 e. The number of benzene rings is 1. The minimum absolute atomic E-state index is 0.204. The average molecular weight is 313 g/mol. The molecule has 0 spiro atoms. The average Bonchev–Trinajstić information content (AvgIpc) is 3.17. The zero-order chi connectivity index (χ0) is 16.4. The molecule has 2 heterocycles. The lowest BCUT2D eigenvalue weighted by atomic mass is 9.97. The van der Waals surface area contributed by atoms with Crippen molar-refractivity contribution in [2.45, 2.75) is 38.8 Å². The first-order valence-electron chi connectivity index (χ1n) is 7.39. The molecule has 0 fully saturated rings. The Morgan fingerprint density at radius 3 is 2.61 bits per heavy atom. The van der Waals surface area contributed by atoms with Crippen LogP contribution in [0.3, 0.4) is 0 Å². The molecule has 7 nitrogen and oxygen atoms in total. The van der Waals surface area contributed by atoms with Crippen molar-refractivity contribution in [3.05, 3.63) is 59.8 Å². The molecule has 7 heteroatoms. The topological polar surface area (TPSA) is 89.9 Å². The van der Waals surface area contributed by atoms with Gasteiger partial charge in [0.1, 0.15) is 12.4 Å². The molecule has 23 heavy (non-hydrogen) atoms. The van der Waals surface area contributed by atoms with Crippen molar-refractivity contribution in [2.24, 2.45) is 0 Å². The fourth-order valence-corrected chi connectivity index (χ4v) is 2.16. The van der Waals surface area contributed by atoms with Gasteiger partial charge in [0.05, 0.1) is 6.54 Å². The van der Waals surface area contributed by atoms with Crippen LogP contribution in [0.1, 0.15) is 50.0 Å². The van der Waals surface area contributed by atoms with Gasteiger partial charge in [-0.1, -0.05) is 56.3 Å². The summed E-state index contributed by atoms with van der Waals surface area (Å²) >= 11 is 0. The molecule has 0 aliphatic heterocycles. The molecule has 0 saturated carbocycles. The number of aromatic nitrogens is 5. The lowest BCUT2D eigenvalue weighted by molar-refractivity contribution is 0.204. The molecule has 1 atom stereocenters. The maximum Gasteiger partial charge on any atom is 0.232 e. The summed E-state index contributed by atoms with van der Waals surface area (Å²) in [7, 11) is 0. The summed E-state index contributed by atoms with van der Waals surface area (Å²) in [5, 5.41) is 22.4. The van der Waals surface area contributed by atoms with Crippen LogP contribution in [0.5, 0.6) is 0 Å². The Morgan fingerprint density at radius 1 is 1.22 bits per heavy atom. The molecule has 0 amide bonds. The van der Waals surface area contributed by atoms with E-state index in [2.05, 4.69) is 20.3 Å². The van der Waals surface area contributed by atoms with Crippen LogP contribution >= 0.6 is 0 Å². The van der Waals surface area contributed by atoms with Crippen LogP contribution in [0.25, 0.3) is 0 Å². The molecule has 0 bridgehead atoms. The molecule has 120 valence electrons. The van der Waals surface area contributed by atoms with Crippen LogP contribution in [-0.4, -0.2) is 30.0 Å². The number of nitrogens with zero attached hydrogens (tertiary/aromatic N) is 5. The molecule has 0 aliphatic rings. The Morgan fingerprint density at radius 2 is 1.96 bits per heavy atom. The molecular formula is C16H19N5O2. The first-order valence-corrected chi connectivity index (χ1v) is 7.39. The molecule has 1 unspecified atom stereocenters. The number of aliphatic hydroxyl groups excluding tert-OH is 1. The quantitative estimate of drug-likeness (QED) is 0.793. The molecule has 1 aromatic carbocycles. The minimum atomic E-state index is -0.854. The highest BCUT2D eigenvalue weighted by molar-refractivity contribution is 5.22. The van der Waals surface area contributed by atoms with Crippen molar-refractivity contribution in [3.8, 4) is 0 Å². The Hall–Kier alpha value is -2.54. The van der Waals surface area contributed by atoms with Crippen LogP contribution in [0.2, 0.25) is 0 Å². The van der Waals surface area contributed by atoms with Gasteiger partial charge in [0.2, 0.25) is 5.89 Å². The maximum atomic E-state index is 10.5. The number of aliphatic hydroxyl groups is 1. The van der Waals surface area contributed by atoms with Crippen LogP contribution in [-0.2, 0) is 12.0 Å². The summed E-state index contributed by atoms with van der Waals surface area (Å²) in [6.07, 6.45) is 0.696. The lowest BCUT2D eigenvalue weighted by Crippen LogP contribution is -2.13. The SMILES string of the molecule is CC(C)(C)c1nc(Cn2cnnc2C(O)c2ccccc2)no1. The molecule has 0 saturated heterocycles. The lowest BCUT2D eigenvalue weighted by Gasteiger charge is -2.11. The summed E-state index contributed by atoms with van der Waals surface area (Å²) in [4.78, 5) is 4.39. The summed E-state index contributed by atoms with van der Waals surface area (Å²) in [5.41, 5.74) is 0.551. The van der Waals surface area contributed by atoms with E-state index in [1.807, 2.05) is 51.1 Å². The molecule has 3 rings (SSSR count). The Balaban J connectivity index is 1.83. The zero-order valence-corrected chi connectivity index (χ0v) is 13.3. The van der Waals surface area contributed by atoms with Crippen LogP contribution < -0.4 is 0 Å². The van der Waals surface area contributed by atoms with Crippen molar-refractivity contribution < 1.29 is 9.63 Å². The zero-order valence-electron chi connectivity index (χ0n) is 13.3. The van der Waals surface area contributed by atoms with Gasteiger partial charge in [-0.15, -0.1) is 10.2 Å². The van der Waals surface area contributed by atoms with Crippen LogP contribution in [0, 0.1) is 0 Å². The van der Waals surface area contributed by atoms with Gasteiger partial charge in [-0.2, -0.15) is 4.98 Å². The predicted octanol–water partition coefficient (Wildman–Crippen LogP) is 2.09. The number of rotatable bonds is 4. The largest absolute Gasteiger partial charge is 0.380 e. The van der Waals surface area contributed by atoms with Gasteiger partial charge in [0, 0.05) is 5.41 Å². The Bertz CT molecular complexity index is 773. The second-order valence-electron chi connectivity index (χ2n) is 6.40. The van der Waals surface area contributed by atoms with E-state index in [-0.39, 0.29) is 5.41 Å². The van der Waals surface area contributed by atoms with Gasteiger partial charge >= 0.3 is 0 Å². The van der Waals surface area contributed by atoms with E-state index in [4.69, 9.17) is 4.52 Å². The summed E-state index contributed by atoms with van der Waals surface area (Å²) in [5.74, 6) is 1.54. The van der Waals surface area contributed by atoms with Gasteiger partial charge in [0.15, 0.2) is 11.6 Å². The fraction of sp³-hybridized carbons (Fsp3) is 0.375. The van der Waals surface area contributed by atoms with E-state index >= 15 is 0 Å². The van der Waals surface area contributed by atoms with E-state index < -0.39 is 6.10 Å². The van der Waals surface area contributed by atoms with Gasteiger partial charge < -0.3 is 14.2 Å². The Labute approximate surface area is 134 Å². The third-order valence-electron chi connectivity index (χ3n) is 3.43. The van der Waals surface area contributed by atoms with E-state index in [9.17, 15) is 5.11 Å². The van der Waals surface area contributed by atoms with E-state index in [0.29, 0.717) is 24.1 Å². The second kappa shape index (κ2) is 5.92. The van der Waals surface area contributed by atoms with Gasteiger partial charge in [-0.25, -0.2) is 0 Å². The summed E-state index contributed by atoms with van der Waals surface area (Å²) < 4.78 is 7.00. The summed E-state index contributed by atoms with van der Waals surface area (Å²) in [6, 6.07) is 9.32. The molecule has 0 aliphatic carbocycles. The Kier molecular flexibility index (Phi) is 3.96. The highest BCUT2D eigenvalue weighted by Crippen LogP contribution is 2.22. The van der Waals surface area contributed by atoms with Gasteiger partial charge in [0.25, 0.3) is 0 Å². The highest BCUT2D eigenvalue weighted by atomic mass is 16.5. The normalized spacial score (nSPS) is 13.2. The smallest absolute Gasteiger partial charge is 0.232 e. The second-order valence-corrected chi connectivity index (χ2v) is 6.40. The first-order chi connectivity index (χ1) is 10.9. The van der Waals surface area contributed by atoms with Gasteiger partial charge in [-0.3, -0.25) is 0 Å². The third kappa shape index (κ3) is 3.29. The highest BCUT2D eigenvalue weighted by Gasteiger charge is 2.23. The molecule has 2 aromatic heterocycles. The molecule has 3 aromatic rings. The fourth-order valence-electron chi connectivity index (χ4n) is 2.16. The first kappa shape index (κ1) is 15.4. The summed E-state index contributed by atoms with van der Waals surface area (Å²) in [6.45, 7) is 6.36. The number of hydrogen-bond donors (Lipinski definition) is 1. The van der Waals surface area contributed by atoms with Crippen molar-refractivity contribution in [1.82, 2.24) is 24.9 Å². The van der Waals surface area contributed by atoms with Crippen molar-refractivity contribution in [1.29, 1.82) is 0 Å². The maximum absolute atomic E-state index is 10.5. The van der Waals surface area contributed by atoms with Crippen LogP contribution in [0.4, 0.5) is 0 Å². The van der Waals surface area contributed by atoms with Crippen molar-refractivity contribution in [3.63, 3.8) is 0 Å². The number of hydrogen-bond acceptors (Lipinski definition) is 6. The standard InChI is InChI=1S/C16H19N5O2/c1-16(2,3)15-18-12(20-23-15)9-21-10-17-19-14(21)13(22)11-7-5-4-6-8-11/h4-8,10,13,22H,9H2,1-3H3. The van der Waals surface area contributed by atoms with Crippen molar-refractivity contribution in [2.75, 3.05) is 0 Å². The van der Waals surface area contributed by atoms with Crippen molar-refractivity contribution >= 4 is 0 Å². The van der Waals surface area contributed by atoms with Gasteiger partial charge in [-0.05, 0) is 5.56 Å². The third-order valence-corrected chi connectivity index (χ3v) is 3.43. The monoisotopic (exact) mass is 313 g/mol. The van der Waals surface area contributed by atoms with Crippen LogP contribution in [0.15, 0.2) is 41.2 Å². The van der Waals surface area contributed by atoms with E-state index in [0.717, 1.165) is 5.56 Å². The molecular weight excluding hydrogens is 294 g/mol. The predicted molar refractivity (Wildman–Crippen MR) is 82.6 cm³/mol. The van der Waals surface area contributed by atoms with E-state index in [1.165, 1.54) is 0 Å². The molecule has 1 N–H and O–H groups in total.